The van der Waals surface area contributed by atoms with E-state index in [-0.39, 0.29) is 17.0 Å². The first-order valence-electron chi connectivity index (χ1n) is 8.05. The Hall–Kier alpha value is -3.00. The van der Waals surface area contributed by atoms with Gasteiger partial charge in [0.05, 0.1) is 10.3 Å². The lowest BCUT2D eigenvalue weighted by Crippen LogP contribution is -2.20. The molecule has 0 atom stereocenters. The molecule has 0 saturated carbocycles. The first-order valence-corrected chi connectivity index (χ1v) is 8.87. The Morgan fingerprint density at radius 1 is 1.38 bits per heavy atom. The minimum atomic E-state index is -0.622. The number of phenols is 1. The van der Waals surface area contributed by atoms with Gasteiger partial charge >= 0.3 is 5.69 Å². The van der Waals surface area contributed by atoms with E-state index in [0.717, 1.165) is 20.8 Å². The zero-order chi connectivity index (χ0) is 18.6. The first-order chi connectivity index (χ1) is 12.4. The topological polar surface area (TPSA) is 98.3 Å². The summed E-state index contributed by atoms with van der Waals surface area (Å²) in [6.45, 7) is 4.45. The average molecular weight is 369 g/mol. The summed E-state index contributed by atoms with van der Waals surface area (Å²) in [4.78, 5) is 29.7. The molecule has 3 aromatic rings. The maximum atomic E-state index is 12.8. The van der Waals surface area contributed by atoms with Gasteiger partial charge in [-0.1, -0.05) is 6.07 Å². The SMILES string of the molecule is Cc1sc2nc3n(c(=O)c2c1C)CCC3=Cc1ccc(O)c([N+](=O)[O-])c1. The lowest BCUT2D eigenvalue weighted by molar-refractivity contribution is -0.385. The number of aromatic hydroxyl groups is 1. The number of rotatable bonds is 2. The molecule has 0 spiro atoms. The molecule has 1 aliphatic rings. The van der Waals surface area contributed by atoms with Crippen molar-refractivity contribution in [2.45, 2.75) is 26.8 Å². The molecule has 1 aliphatic heterocycles. The molecule has 7 nitrogen and oxygen atoms in total. The second-order valence-electron chi connectivity index (χ2n) is 6.28. The molecule has 0 unspecified atom stereocenters. The van der Waals surface area contributed by atoms with Crippen LogP contribution in [0.4, 0.5) is 5.69 Å². The fourth-order valence-electron chi connectivity index (χ4n) is 3.24. The molecular weight excluding hydrogens is 354 g/mol. The van der Waals surface area contributed by atoms with E-state index in [4.69, 9.17) is 0 Å². The van der Waals surface area contributed by atoms with Gasteiger partial charge in [0.15, 0.2) is 5.75 Å². The molecule has 0 radical (unpaired) electrons. The number of nitro groups is 1. The molecule has 26 heavy (non-hydrogen) atoms. The van der Waals surface area contributed by atoms with Gasteiger partial charge in [-0.15, -0.1) is 11.3 Å². The highest BCUT2D eigenvalue weighted by atomic mass is 32.1. The average Bonchev–Trinajstić information content (AvgIpc) is 3.11. The van der Waals surface area contributed by atoms with Crippen molar-refractivity contribution >= 4 is 38.9 Å². The number of aromatic nitrogens is 2. The second-order valence-corrected chi connectivity index (χ2v) is 7.48. The van der Waals surface area contributed by atoms with Crippen molar-refractivity contribution in [1.82, 2.24) is 9.55 Å². The van der Waals surface area contributed by atoms with Crippen LogP contribution >= 0.6 is 11.3 Å². The highest BCUT2D eigenvalue weighted by molar-refractivity contribution is 7.18. The van der Waals surface area contributed by atoms with Gasteiger partial charge in [-0.05, 0) is 49.1 Å². The lowest BCUT2D eigenvalue weighted by atomic mass is 10.1. The molecule has 8 heteroatoms. The third-order valence-corrected chi connectivity index (χ3v) is 5.82. The summed E-state index contributed by atoms with van der Waals surface area (Å²) >= 11 is 1.50. The van der Waals surface area contributed by atoms with Crippen LogP contribution in [0.15, 0.2) is 23.0 Å². The van der Waals surface area contributed by atoms with Crippen LogP contribution in [-0.2, 0) is 6.54 Å². The molecule has 0 fully saturated rings. The molecule has 4 rings (SSSR count). The van der Waals surface area contributed by atoms with Crippen molar-refractivity contribution in [3.8, 4) is 5.75 Å². The fourth-order valence-corrected chi connectivity index (χ4v) is 4.26. The summed E-state index contributed by atoms with van der Waals surface area (Å²) in [7, 11) is 0. The molecule has 1 N–H and O–H groups in total. The van der Waals surface area contributed by atoms with Crippen molar-refractivity contribution < 1.29 is 10.0 Å². The molecule has 0 amide bonds. The summed E-state index contributed by atoms with van der Waals surface area (Å²) in [6.07, 6.45) is 2.42. The van der Waals surface area contributed by atoms with Gasteiger partial charge in [0.2, 0.25) is 0 Å². The number of hydrogen-bond acceptors (Lipinski definition) is 6. The second kappa shape index (κ2) is 5.77. The van der Waals surface area contributed by atoms with Crippen LogP contribution in [0.5, 0.6) is 5.75 Å². The smallest absolute Gasteiger partial charge is 0.311 e. The van der Waals surface area contributed by atoms with Gasteiger partial charge in [-0.2, -0.15) is 0 Å². The Bertz CT molecular complexity index is 1170. The minimum Gasteiger partial charge on any atom is -0.502 e. The third kappa shape index (κ3) is 2.41. The number of aryl methyl sites for hydroxylation is 2. The van der Waals surface area contributed by atoms with E-state index in [0.29, 0.717) is 29.7 Å². The quantitative estimate of drug-likeness (QED) is 0.549. The summed E-state index contributed by atoms with van der Waals surface area (Å²) in [6, 6.07) is 4.23. The van der Waals surface area contributed by atoms with Gasteiger partial charge in [0, 0.05) is 17.5 Å². The normalized spacial score (nSPS) is 14.9. The van der Waals surface area contributed by atoms with Gasteiger partial charge in [0.25, 0.3) is 5.56 Å². The van der Waals surface area contributed by atoms with E-state index >= 15 is 0 Å². The van der Waals surface area contributed by atoms with Gasteiger partial charge in [-0.25, -0.2) is 4.98 Å². The molecule has 0 bridgehead atoms. The van der Waals surface area contributed by atoms with Crippen LogP contribution in [-0.4, -0.2) is 19.6 Å². The summed E-state index contributed by atoms with van der Waals surface area (Å²) in [5.74, 6) is 0.240. The van der Waals surface area contributed by atoms with Crippen LogP contribution in [0.2, 0.25) is 0 Å². The van der Waals surface area contributed by atoms with Crippen LogP contribution in [0.3, 0.4) is 0 Å². The monoisotopic (exact) mass is 369 g/mol. The zero-order valence-corrected chi connectivity index (χ0v) is 15.0. The number of phenolic OH excluding ortho intramolecular Hbond substituents is 1. The van der Waals surface area contributed by atoms with Gasteiger partial charge < -0.3 is 5.11 Å². The first kappa shape index (κ1) is 16.5. The molecule has 1 aromatic carbocycles. The molecule has 2 aromatic heterocycles. The van der Waals surface area contributed by atoms with Crippen LogP contribution in [0.25, 0.3) is 21.9 Å². The number of benzene rings is 1. The molecular formula is C18H15N3O4S. The zero-order valence-electron chi connectivity index (χ0n) is 14.1. The van der Waals surface area contributed by atoms with Crippen molar-refractivity contribution in [3.63, 3.8) is 0 Å². The summed E-state index contributed by atoms with van der Waals surface area (Å²) in [5, 5.41) is 21.3. The molecule has 132 valence electrons. The van der Waals surface area contributed by atoms with Crippen LogP contribution < -0.4 is 5.56 Å². The molecule has 0 saturated heterocycles. The summed E-state index contributed by atoms with van der Waals surface area (Å²) < 4.78 is 1.67. The number of fused-ring (bicyclic) bond motifs is 2. The predicted molar refractivity (Wildman–Crippen MR) is 101 cm³/mol. The van der Waals surface area contributed by atoms with Crippen LogP contribution in [0.1, 0.15) is 28.2 Å². The van der Waals surface area contributed by atoms with Crippen molar-refractivity contribution in [3.05, 3.63) is 60.5 Å². The summed E-state index contributed by atoms with van der Waals surface area (Å²) in [5.41, 5.74) is 2.04. The number of nitrogens with zero attached hydrogens (tertiary/aromatic N) is 3. The Balaban J connectivity index is 1.87. The van der Waals surface area contributed by atoms with Crippen molar-refractivity contribution in [2.24, 2.45) is 0 Å². The largest absolute Gasteiger partial charge is 0.502 e. The highest BCUT2D eigenvalue weighted by Crippen LogP contribution is 2.33. The third-order valence-electron chi connectivity index (χ3n) is 4.72. The predicted octanol–water partition coefficient (Wildman–Crippen LogP) is 3.63. The van der Waals surface area contributed by atoms with Crippen LogP contribution in [0, 0.1) is 24.0 Å². The number of thiophene rings is 1. The maximum Gasteiger partial charge on any atom is 0.311 e. The van der Waals surface area contributed by atoms with E-state index in [2.05, 4.69) is 4.98 Å². The van der Waals surface area contributed by atoms with Gasteiger partial charge in [-0.3, -0.25) is 19.5 Å². The van der Waals surface area contributed by atoms with Crippen molar-refractivity contribution in [1.29, 1.82) is 0 Å². The maximum absolute atomic E-state index is 12.8. The Morgan fingerprint density at radius 2 is 2.15 bits per heavy atom. The Kier molecular flexibility index (Phi) is 3.66. The molecule has 0 aliphatic carbocycles. The lowest BCUT2D eigenvalue weighted by Gasteiger charge is -2.04. The minimum absolute atomic E-state index is 0.0352. The van der Waals surface area contributed by atoms with E-state index < -0.39 is 4.92 Å². The van der Waals surface area contributed by atoms with E-state index in [1.807, 2.05) is 13.8 Å². The standard InChI is InChI=1S/C18H15N3O4S/c1-9-10(2)26-17-15(9)18(23)20-6-5-12(16(20)19-17)7-11-3-4-14(22)13(8-11)21(24)25/h3-4,7-8,22H,5-6H2,1-2H3. The number of nitro benzene ring substituents is 1. The Morgan fingerprint density at radius 3 is 2.88 bits per heavy atom. The Labute approximate surface area is 152 Å². The van der Waals surface area contributed by atoms with Crippen molar-refractivity contribution in [2.75, 3.05) is 0 Å². The van der Waals surface area contributed by atoms with E-state index in [1.54, 1.807) is 16.7 Å². The molecule has 3 heterocycles. The highest BCUT2D eigenvalue weighted by Gasteiger charge is 2.23. The van der Waals surface area contributed by atoms with E-state index in [9.17, 15) is 20.0 Å². The van der Waals surface area contributed by atoms with E-state index in [1.165, 1.54) is 23.5 Å². The fraction of sp³-hybridized carbons (Fsp3) is 0.222. The number of allylic oxidation sites excluding steroid dienone is 1. The van der Waals surface area contributed by atoms with Gasteiger partial charge in [0.1, 0.15) is 10.7 Å². The number of hydrogen-bond donors (Lipinski definition) is 1.